The van der Waals surface area contributed by atoms with Crippen molar-refractivity contribution in [2.45, 2.75) is 26.8 Å². The van der Waals surface area contributed by atoms with Crippen LogP contribution in [0, 0.1) is 25.7 Å². The molecule has 6 aromatic rings. The second kappa shape index (κ2) is 10.2. The van der Waals surface area contributed by atoms with Gasteiger partial charge in [0.2, 0.25) is 0 Å². The van der Waals surface area contributed by atoms with Crippen LogP contribution in [-0.2, 0) is 7.05 Å². The molecule has 10 heteroatoms. The number of hydrogen-bond acceptors (Lipinski definition) is 6. The number of benzene rings is 2. The molecule has 0 aliphatic heterocycles. The van der Waals surface area contributed by atoms with Crippen molar-refractivity contribution in [3.63, 3.8) is 0 Å². The number of aromatic nitrogens is 7. The standard InChI is InChI=1S/C31H26N8O2/c1-19(34-30(40)28-20(2)35-39-26(28)15-16-32-36-39)27-17-23-10-8-9-22(13-14-24-18-33-37(4)21(24)3)29(23)31(41)38(27)25-11-6-5-7-12-25/h5-12,15-19H,1-4H3,(H,34,40)/t19-/m0/s1. The highest BCUT2D eigenvalue weighted by atomic mass is 16.2. The van der Waals surface area contributed by atoms with Crippen LogP contribution in [-0.4, -0.2) is 40.3 Å². The first-order valence-corrected chi connectivity index (χ1v) is 13.1. The predicted molar refractivity (Wildman–Crippen MR) is 155 cm³/mol. The molecule has 1 atom stereocenters. The van der Waals surface area contributed by atoms with Crippen LogP contribution in [0.5, 0.6) is 0 Å². The Kier molecular flexibility index (Phi) is 6.40. The zero-order chi connectivity index (χ0) is 28.7. The first kappa shape index (κ1) is 25.7. The van der Waals surface area contributed by atoms with Gasteiger partial charge in [0.05, 0.1) is 46.3 Å². The molecule has 2 aromatic carbocycles. The minimum Gasteiger partial charge on any atom is -0.344 e. The maximum absolute atomic E-state index is 14.2. The van der Waals surface area contributed by atoms with Gasteiger partial charge in [-0.3, -0.25) is 18.8 Å². The summed E-state index contributed by atoms with van der Waals surface area (Å²) in [4.78, 5) is 27.7. The normalized spacial score (nSPS) is 11.8. The van der Waals surface area contributed by atoms with Crippen LogP contribution in [0.1, 0.15) is 51.5 Å². The molecule has 4 aromatic heterocycles. The molecule has 6 rings (SSSR count). The summed E-state index contributed by atoms with van der Waals surface area (Å²) in [6, 6.07) is 18.1. The van der Waals surface area contributed by atoms with E-state index in [1.54, 1.807) is 28.4 Å². The Labute approximate surface area is 235 Å². The summed E-state index contributed by atoms with van der Waals surface area (Å²) >= 11 is 0. The Morgan fingerprint density at radius 1 is 1.00 bits per heavy atom. The van der Waals surface area contributed by atoms with Crippen molar-refractivity contribution in [2.75, 3.05) is 0 Å². The lowest BCUT2D eigenvalue weighted by Crippen LogP contribution is -2.32. The van der Waals surface area contributed by atoms with Gasteiger partial charge in [0.1, 0.15) is 5.52 Å². The quantitative estimate of drug-likeness (QED) is 0.340. The molecule has 0 fully saturated rings. The molecule has 0 radical (unpaired) electrons. The lowest BCUT2D eigenvalue weighted by Gasteiger charge is -2.21. The van der Waals surface area contributed by atoms with Gasteiger partial charge in [0.25, 0.3) is 11.5 Å². The molecule has 1 amide bonds. The maximum atomic E-state index is 14.2. The fourth-order valence-corrected chi connectivity index (χ4v) is 4.96. The van der Waals surface area contributed by atoms with E-state index in [1.165, 1.54) is 10.8 Å². The fourth-order valence-electron chi connectivity index (χ4n) is 4.96. The predicted octanol–water partition coefficient (Wildman–Crippen LogP) is 3.67. The topological polar surface area (TPSA) is 112 Å². The molecule has 0 spiro atoms. The molecule has 0 saturated carbocycles. The molecule has 202 valence electrons. The maximum Gasteiger partial charge on any atom is 0.264 e. The van der Waals surface area contributed by atoms with Gasteiger partial charge in [0.15, 0.2) is 0 Å². The van der Waals surface area contributed by atoms with Crippen LogP contribution in [0.4, 0.5) is 0 Å². The van der Waals surface area contributed by atoms with Crippen LogP contribution in [0.25, 0.3) is 22.0 Å². The van der Waals surface area contributed by atoms with Crippen molar-refractivity contribution in [1.29, 1.82) is 0 Å². The van der Waals surface area contributed by atoms with E-state index < -0.39 is 6.04 Å². The summed E-state index contributed by atoms with van der Waals surface area (Å²) in [7, 11) is 1.86. The third kappa shape index (κ3) is 4.53. The molecule has 0 bridgehead atoms. The molecule has 0 aliphatic carbocycles. The van der Waals surface area contributed by atoms with E-state index in [2.05, 4.69) is 37.7 Å². The van der Waals surface area contributed by atoms with Gasteiger partial charge in [-0.05, 0) is 61.7 Å². The molecule has 10 nitrogen and oxygen atoms in total. The Hall–Kier alpha value is -5.56. The Morgan fingerprint density at radius 2 is 1.78 bits per heavy atom. The summed E-state index contributed by atoms with van der Waals surface area (Å²) in [5.74, 6) is 6.04. The second-order valence-corrected chi connectivity index (χ2v) is 9.78. The van der Waals surface area contributed by atoms with Crippen LogP contribution in [0.2, 0.25) is 0 Å². The van der Waals surface area contributed by atoms with E-state index in [4.69, 9.17) is 0 Å². The zero-order valence-corrected chi connectivity index (χ0v) is 23.0. The van der Waals surface area contributed by atoms with E-state index in [0.717, 1.165) is 16.6 Å². The van der Waals surface area contributed by atoms with Gasteiger partial charge in [-0.15, -0.1) is 9.73 Å². The monoisotopic (exact) mass is 542 g/mol. The molecule has 0 unspecified atom stereocenters. The average molecular weight is 543 g/mol. The summed E-state index contributed by atoms with van der Waals surface area (Å²) in [6.07, 6.45) is 3.24. The van der Waals surface area contributed by atoms with E-state index in [-0.39, 0.29) is 11.5 Å². The van der Waals surface area contributed by atoms with Crippen molar-refractivity contribution in [1.82, 2.24) is 39.7 Å². The van der Waals surface area contributed by atoms with Gasteiger partial charge in [-0.2, -0.15) is 10.2 Å². The van der Waals surface area contributed by atoms with Crippen molar-refractivity contribution in [3.8, 4) is 17.5 Å². The number of carbonyl (C=O) groups is 1. The number of hydrogen-bond donors (Lipinski definition) is 1. The van der Waals surface area contributed by atoms with Crippen LogP contribution < -0.4 is 10.9 Å². The number of fused-ring (bicyclic) bond motifs is 2. The molecule has 41 heavy (non-hydrogen) atoms. The second-order valence-electron chi connectivity index (χ2n) is 9.78. The van der Waals surface area contributed by atoms with Crippen molar-refractivity contribution in [2.24, 2.45) is 7.05 Å². The first-order valence-electron chi connectivity index (χ1n) is 13.1. The smallest absolute Gasteiger partial charge is 0.264 e. The number of pyridine rings is 1. The molecular weight excluding hydrogens is 516 g/mol. The van der Waals surface area contributed by atoms with Gasteiger partial charge in [0, 0.05) is 24.0 Å². The van der Waals surface area contributed by atoms with E-state index in [1.807, 2.05) is 75.5 Å². The highest BCUT2D eigenvalue weighted by molar-refractivity contribution is 6.02. The Morgan fingerprint density at radius 3 is 2.54 bits per heavy atom. The highest BCUT2D eigenvalue weighted by Gasteiger charge is 2.23. The van der Waals surface area contributed by atoms with Gasteiger partial charge in [-0.25, -0.2) is 0 Å². The lowest BCUT2D eigenvalue weighted by atomic mass is 10.0. The molecule has 0 aliphatic rings. The Bertz CT molecular complexity index is 2080. The van der Waals surface area contributed by atoms with Crippen LogP contribution in [0.15, 0.2) is 77.9 Å². The first-order chi connectivity index (χ1) is 19.8. The Balaban J connectivity index is 1.48. The largest absolute Gasteiger partial charge is 0.344 e. The van der Waals surface area contributed by atoms with Crippen LogP contribution in [0.3, 0.4) is 0 Å². The molecule has 4 heterocycles. The van der Waals surface area contributed by atoms with Crippen LogP contribution >= 0.6 is 0 Å². The average Bonchev–Trinajstić information content (AvgIpc) is 3.49. The molecule has 1 N–H and O–H groups in total. The van der Waals surface area contributed by atoms with Crippen molar-refractivity contribution < 1.29 is 4.79 Å². The van der Waals surface area contributed by atoms with E-state index >= 15 is 0 Å². The van der Waals surface area contributed by atoms with Gasteiger partial charge < -0.3 is 5.32 Å². The zero-order valence-electron chi connectivity index (χ0n) is 23.0. The SMILES string of the molecule is Cc1nn2nnccc2c1C(=O)N[C@@H](C)c1cc2cccc(C#Cc3cnn(C)c3C)c2c(=O)n1-c1ccccc1. The number of rotatable bonds is 4. The third-order valence-electron chi connectivity index (χ3n) is 7.19. The fraction of sp³-hybridized carbons (Fsp3) is 0.161. The third-order valence-corrected chi connectivity index (χ3v) is 7.19. The minimum absolute atomic E-state index is 0.222. The van der Waals surface area contributed by atoms with Crippen molar-refractivity contribution in [3.05, 3.63) is 117 Å². The van der Waals surface area contributed by atoms with Gasteiger partial charge >= 0.3 is 0 Å². The van der Waals surface area contributed by atoms with Crippen molar-refractivity contribution >= 4 is 22.2 Å². The number of nitrogens with one attached hydrogen (secondary N) is 1. The number of para-hydroxylation sites is 1. The molecule has 0 saturated heterocycles. The summed E-state index contributed by atoms with van der Waals surface area (Å²) in [5.41, 5.74) is 4.94. The lowest BCUT2D eigenvalue weighted by molar-refractivity contribution is 0.0939. The minimum atomic E-state index is -0.531. The summed E-state index contributed by atoms with van der Waals surface area (Å²) < 4.78 is 4.74. The highest BCUT2D eigenvalue weighted by Crippen LogP contribution is 2.24. The van der Waals surface area contributed by atoms with Gasteiger partial charge in [-0.1, -0.05) is 42.2 Å². The van der Waals surface area contributed by atoms with E-state index in [9.17, 15) is 9.59 Å². The number of carbonyl (C=O) groups excluding carboxylic acids is 1. The summed E-state index contributed by atoms with van der Waals surface area (Å²) in [6.45, 7) is 5.56. The molecular formula is C31H26N8O2. The number of nitrogens with zero attached hydrogens (tertiary/aromatic N) is 7. The summed E-state index contributed by atoms with van der Waals surface area (Å²) in [5, 5.41) is 20.6. The number of amides is 1. The van der Waals surface area contributed by atoms with E-state index in [0.29, 0.717) is 39.1 Å². The number of aryl methyl sites for hydroxylation is 2.